The molecule has 0 fully saturated rings. The van der Waals surface area contributed by atoms with Gasteiger partial charge in [-0.1, -0.05) is 18.2 Å². The molecule has 2 nitrogen and oxygen atoms in total. The molecule has 0 aliphatic carbocycles. The second-order valence-electron chi connectivity index (χ2n) is 3.14. The summed E-state index contributed by atoms with van der Waals surface area (Å²) >= 11 is 0. The zero-order chi connectivity index (χ0) is 9.26. The average Bonchev–Trinajstić information content (AvgIpc) is 2.16. The van der Waals surface area contributed by atoms with Gasteiger partial charge in [0.15, 0.2) is 0 Å². The molecule has 82 valence electrons. The number of nitrogens with two attached hydrogens (primary N) is 1. The number of fused-ring (bicyclic) bond motifs is 1. The monoisotopic (exact) mass is 244 g/mol. The van der Waals surface area contributed by atoms with Crippen LogP contribution < -0.4 is 5.73 Å². The van der Waals surface area contributed by atoms with Gasteiger partial charge in [0.1, 0.15) is 0 Å². The molecule has 1 aromatic carbocycles. The summed E-state index contributed by atoms with van der Waals surface area (Å²) in [6, 6.07) is 10.1. The molecule has 15 heavy (non-hydrogen) atoms. The maximum atomic E-state index is 5.66. The van der Waals surface area contributed by atoms with Gasteiger partial charge in [0, 0.05) is 17.6 Å². The van der Waals surface area contributed by atoms with E-state index in [1.165, 1.54) is 5.56 Å². The molecule has 0 atom stereocenters. The Morgan fingerprint density at radius 3 is 2.53 bits per heavy atom. The van der Waals surface area contributed by atoms with Gasteiger partial charge in [-0.25, -0.2) is 0 Å². The number of rotatable bonds is 1. The highest BCUT2D eigenvalue weighted by molar-refractivity contribution is 5.85. The Morgan fingerprint density at radius 2 is 1.87 bits per heavy atom. The van der Waals surface area contributed by atoms with Crippen molar-refractivity contribution in [2.75, 3.05) is 0 Å². The maximum absolute atomic E-state index is 5.66. The lowest BCUT2D eigenvalue weighted by molar-refractivity contribution is 1.07. The van der Waals surface area contributed by atoms with Crippen molar-refractivity contribution in [2.45, 2.75) is 13.5 Å². The SMILES string of the molecule is Cc1cc(CN)c2ccccc2n1.Cl.Cl. The third kappa shape index (κ3) is 2.81. The fourth-order valence-corrected chi connectivity index (χ4v) is 1.56. The number of hydrogen-bond acceptors (Lipinski definition) is 2. The molecule has 0 amide bonds. The number of halogens is 2. The summed E-state index contributed by atoms with van der Waals surface area (Å²) in [5, 5.41) is 1.16. The van der Waals surface area contributed by atoms with Crippen molar-refractivity contribution < 1.29 is 0 Å². The third-order valence-electron chi connectivity index (χ3n) is 2.15. The molecule has 2 rings (SSSR count). The first-order valence-corrected chi connectivity index (χ1v) is 4.36. The topological polar surface area (TPSA) is 38.9 Å². The number of benzene rings is 1. The summed E-state index contributed by atoms with van der Waals surface area (Å²) in [7, 11) is 0. The zero-order valence-electron chi connectivity index (χ0n) is 8.43. The van der Waals surface area contributed by atoms with Gasteiger partial charge in [0.25, 0.3) is 0 Å². The molecular weight excluding hydrogens is 231 g/mol. The first-order chi connectivity index (χ1) is 6.31. The van der Waals surface area contributed by atoms with Gasteiger partial charge >= 0.3 is 0 Å². The second kappa shape index (κ2) is 5.91. The van der Waals surface area contributed by atoms with Crippen LogP contribution in [0.1, 0.15) is 11.3 Å². The molecule has 1 heterocycles. The number of para-hydroxylation sites is 1. The van der Waals surface area contributed by atoms with Crippen LogP contribution in [0, 0.1) is 6.92 Å². The van der Waals surface area contributed by atoms with Crippen LogP contribution in [0.2, 0.25) is 0 Å². The van der Waals surface area contributed by atoms with E-state index < -0.39 is 0 Å². The summed E-state index contributed by atoms with van der Waals surface area (Å²) in [5.74, 6) is 0. The molecule has 0 spiro atoms. The lowest BCUT2D eigenvalue weighted by Gasteiger charge is -2.04. The van der Waals surface area contributed by atoms with E-state index in [0.29, 0.717) is 6.54 Å². The van der Waals surface area contributed by atoms with Crippen molar-refractivity contribution in [1.82, 2.24) is 4.98 Å². The largest absolute Gasteiger partial charge is 0.326 e. The molecular formula is C11H14Cl2N2. The molecule has 0 saturated heterocycles. The highest BCUT2D eigenvalue weighted by Gasteiger charge is 2.00. The summed E-state index contributed by atoms with van der Waals surface area (Å²) in [4.78, 5) is 4.43. The predicted octanol–water partition coefficient (Wildman–Crippen LogP) is 2.85. The minimum atomic E-state index is 0. The van der Waals surface area contributed by atoms with E-state index in [9.17, 15) is 0 Å². The standard InChI is InChI=1S/C11H12N2.2ClH/c1-8-6-9(7-12)10-4-2-3-5-11(10)13-8;;/h2-6H,7,12H2,1H3;2*1H. The fourth-order valence-electron chi connectivity index (χ4n) is 1.56. The van der Waals surface area contributed by atoms with E-state index in [4.69, 9.17) is 5.73 Å². The van der Waals surface area contributed by atoms with Gasteiger partial charge in [-0.15, -0.1) is 24.8 Å². The summed E-state index contributed by atoms with van der Waals surface area (Å²) in [6.07, 6.45) is 0. The van der Waals surface area contributed by atoms with E-state index in [1.807, 2.05) is 31.2 Å². The smallest absolute Gasteiger partial charge is 0.0708 e. The Morgan fingerprint density at radius 1 is 1.20 bits per heavy atom. The van der Waals surface area contributed by atoms with E-state index in [-0.39, 0.29) is 24.8 Å². The van der Waals surface area contributed by atoms with Gasteiger partial charge in [-0.3, -0.25) is 4.98 Å². The number of hydrogen-bond donors (Lipinski definition) is 1. The molecule has 4 heteroatoms. The van der Waals surface area contributed by atoms with Crippen molar-refractivity contribution in [2.24, 2.45) is 5.73 Å². The first kappa shape index (κ1) is 14.2. The minimum Gasteiger partial charge on any atom is -0.326 e. The quantitative estimate of drug-likeness (QED) is 0.838. The highest BCUT2D eigenvalue weighted by atomic mass is 35.5. The van der Waals surface area contributed by atoms with Crippen LogP contribution in [0.4, 0.5) is 0 Å². The van der Waals surface area contributed by atoms with E-state index >= 15 is 0 Å². The van der Waals surface area contributed by atoms with Crippen LogP contribution >= 0.6 is 24.8 Å². The molecule has 2 aromatic rings. The Bertz CT molecular complexity index is 444. The Labute approximate surface area is 102 Å². The minimum absolute atomic E-state index is 0. The number of aryl methyl sites for hydroxylation is 1. The molecule has 0 aliphatic rings. The van der Waals surface area contributed by atoms with Crippen LogP contribution in [0.25, 0.3) is 10.9 Å². The summed E-state index contributed by atoms with van der Waals surface area (Å²) in [6.45, 7) is 2.56. The number of nitrogens with zero attached hydrogens (tertiary/aromatic N) is 1. The van der Waals surface area contributed by atoms with Gasteiger partial charge in [0.2, 0.25) is 0 Å². The summed E-state index contributed by atoms with van der Waals surface area (Å²) < 4.78 is 0. The van der Waals surface area contributed by atoms with Crippen molar-refractivity contribution >= 4 is 35.7 Å². The van der Waals surface area contributed by atoms with Crippen LogP contribution in [0.3, 0.4) is 0 Å². The van der Waals surface area contributed by atoms with Gasteiger partial charge in [0.05, 0.1) is 5.52 Å². The van der Waals surface area contributed by atoms with Crippen molar-refractivity contribution in [3.05, 3.63) is 41.6 Å². The molecule has 2 N–H and O–H groups in total. The maximum Gasteiger partial charge on any atom is 0.0708 e. The fraction of sp³-hybridized carbons (Fsp3) is 0.182. The Balaban J connectivity index is 0.000000980. The molecule has 0 aliphatic heterocycles. The number of pyridine rings is 1. The number of aromatic nitrogens is 1. The molecule has 0 bridgehead atoms. The van der Waals surface area contributed by atoms with Crippen LogP contribution in [-0.4, -0.2) is 4.98 Å². The van der Waals surface area contributed by atoms with Crippen LogP contribution in [0.15, 0.2) is 30.3 Å². The van der Waals surface area contributed by atoms with Crippen molar-refractivity contribution in [1.29, 1.82) is 0 Å². The Hall–Kier alpha value is -0.830. The van der Waals surface area contributed by atoms with Crippen molar-refractivity contribution in [3.63, 3.8) is 0 Å². The highest BCUT2D eigenvalue weighted by Crippen LogP contribution is 2.17. The van der Waals surface area contributed by atoms with E-state index in [1.54, 1.807) is 0 Å². The second-order valence-corrected chi connectivity index (χ2v) is 3.14. The van der Waals surface area contributed by atoms with Gasteiger partial charge in [-0.05, 0) is 24.6 Å². The lowest BCUT2D eigenvalue weighted by atomic mass is 10.1. The Kier molecular flexibility index (Phi) is 5.58. The molecule has 0 unspecified atom stereocenters. The third-order valence-corrected chi connectivity index (χ3v) is 2.15. The normalized spacial score (nSPS) is 9.20. The van der Waals surface area contributed by atoms with E-state index in [2.05, 4.69) is 11.1 Å². The predicted molar refractivity (Wildman–Crippen MR) is 68.9 cm³/mol. The van der Waals surface area contributed by atoms with Gasteiger partial charge in [-0.2, -0.15) is 0 Å². The molecule has 1 aromatic heterocycles. The first-order valence-electron chi connectivity index (χ1n) is 4.36. The zero-order valence-corrected chi connectivity index (χ0v) is 10.1. The molecule has 0 radical (unpaired) electrons. The van der Waals surface area contributed by atoms with Gasteiger partial charge < -0.3 is 5.73 Å². The van der Waals surface area contributed by atoms with E-state index in [0.717, 1.165) is 16.6 Å². The average molecular weight is 245 g/mol. The lowest BCUT2D eigenvalue weighted by Crippen LogP contribution is -1.99. The van der Waals surface area contributed by atoms with Crippen LogP contribution in [-0.2, 0) is 6.54 Å². The van der Waals surface area contributed by atoms with Crippen molar-refractivity contribution in [3.8, 4) is 0 Å². The summed E-state index contributed by atoms with van der Waals surface area (Å²) in [5.41, 5.74) is 8.88. The molecule has 0 saturated carbocycles. The van der Waals surface area contributed by atoms with Crippen LogP contribution in [0.5, 0.6) is 0 Å².